The number of hydrogen-bond donors (Lipinski definition) is 3. The van der Waals surface area contributed by atoms with Crippen molar-refractivity contribution in [3.05, 3.63) is 77.2 Å². The van der Waals surface area contributed by atoms with E-state index in [1.54, 1.807) is 6.20 Å². The van der Waals surface area contributed by atoms with E-state index in [-0.39, 0.29) is 17.9 Å². The van der Waals surface area contributed by atoms with Gasteiger partial charge in [0, 0.05) is 24.5 Å². The highest BCUT2D eigenvalue weighted by Gasteiger charge is 2.32. The van der Waals surface area contributed by atoms with Gasteiger partial charge in [-0.1, -0.05) is 24.3 Å². The Hall–Kier alpha value is -4.65. The maximum atomic E-state index is 13.3. The molecule has 4 heterocycles. The van der Waals surface area contributed by atoms with E-state index in [1.165, 1.54) is 11.7 Å². The lowest BCUT2D eigenvalue weighted by atomic mass is 10.0. The molecular formula is C24H17F3N8OS. The second kappa shape index (κ2) is 9.78. The summed E-state index contributed by atoms with van der Waals surface area (Å²) in [6.07, 6.45) is -0.828. The van der Waals surface area contributed by atoms with Gasteiger partial charge >= 0.3 is 6.18 Å². The van der Waals surface area contributed by atoms with Gasteiger partial charge in [-0.25, -0.2) is 15.0 Å². The molecule has 5 rings (SSSR count). The number of pyridine rings is 2. The monoisotopic (exact) mass is 522 g/mol. The first kappa shape index (κ1) is 24.1. The van der Waals surface area contributed by atoms with Gasteiger partial charge in [-0.15, -0.1) is 11.3 Å². The number of H-pyrrole nitrogens is 1. The van der Waals surface area contributed by atoms with Crippen LogP contribution in [0, 0.1) is 0 Å². The van der Waals surface area contributed by atoms with Crippen molar-refractivity contribution < 1.29 is 18.0 Å². The van der Waals surface area contributed by atoms with Gasteiger partial charge in [0.1, 0.15) is 10.8 Å². The van der Waals surface area contributed by atoms with Gasteiger partial charge in [0.15, 0.2) is 11.5 Å². The SMILES string of the molecule is C=Nc1n[nH]c2ncc(-c3ccc(CNc4ncc(C(F)(F)F)cc4C(=O)Nc4cncs4)cc3)cc12. The number of rotatable bonds is 7. The molecule has 9 nitrogen and oxygen atoms in total. The summed E-state index contributed by atoms with van der Waals surface area (Å²) in [6.45, 7) is 3.73. The summed E-state index contributed by atoms with van der Waals surface area (Å²) in [7, 11) is 0. The fraction of sp³-hybridized carbons (Fsp3) is 0.0833. The highest BCUT2D eigenvalue weighted by molar-refractivity contribution is 7.14. The molecule has 0 atom stereocenters. The van der Waals surface area contributed by atoms with Crippen LogP contribution in [0.15, 0.2) is 65.5 Å². The molecule has 0 radical (unpaired) electrons. The van der Waals surface area contributed by atoms with Crippen molar-refractivity contribution in [3.8, 4) is 11.1 Å². The molecule has 0 spiro atoms. The van der Waals surface area contributed by atoms with Gasteiger partial charge in [0.25, 0.3) is 5.91 Å². The van der Waals surface area contributed by atoms with E-state index in [0.717, 1.165) is 39.5 Å². The van der Waals surface area contributed by atoms with E-state index in [4.69, 9.17) is 0 Å². The van der Waals surface area contributed by atoms with E-state index in [9.17, 15) is 18.0 Å². The first-order valence-electron chi connectivity index (χ1n) is 10.7. The minimum absolute atomic E-state index is 0.0261. The number of aromatic amines is 1. The third-order valence-electron chi connectivity index (χ3n) is 5.42. The predicted molar refractivity (Wildman–Crippen MR) is 135 cm³/mol. The Labute approximate surface area is 211 Å². The van der Waals surface area contributed by atoms with Crippen LogP contribution in [-0.2, 0) is 12.7 Å². The number of alkyl halides is 3. The Bertz CT molecular complexity index is 1580. The minimum Gasteiger partial charge on any atom is -0.365 e. The Morgan fingerprint density at radius 3 is 2.59 bits per heavy atom. The number of hydrogen-bond acceptors (Lipinski definition) is 8. The summed E-state index contributed by atoms with van der Waals surface area (Å²) in [5, 5.41) is 13.5. The van der Waals surface area contributed by atoms with E-state index in [1.807, 2.05) is 30.3 Å². The number of fused-ring (bicyclic) bond motifs is 1. The smallest absolute Gasteiger partial charge is 0.365 e. The number of carbonyl (C=O) groups is 1. The number of anilines is 2. The van der Waals surface area contributed by atoms with Crippen molar-refractivity contribution in [2.45, 2.75) is 12.7 Å². The fourth-order valence-electron chi connectivity index (χ4n) is 3.56. The summed E-state index contributed by atoms with van der Waals surface area (Å²) in [5.74, 6) is -0.237. The van der Waals surface area contributed by atoms with E-state index in [0.29, 0.717) is 22.7 Å². The molecule has 37 heavy (non-hydrogen) atoms. The van der Waals surface area contributed by atoms with Gasteiger partial charge in [0.2, 0.25) is 0 Å². The third-order valence-corrected chi connectivity index (χ3v) is 6.11. The number of halogens is 3. The molecule has 13 heteroatoms. The number of nitrogens with zero attached hydrogens (tertiary/aromatic N) is 5. The number of amides is 1. The molecule has 0 saturated carbocycles. The average molecular weight is 523 g/mol. The average Bonchev–Trinajstić information content (AvgIpc) is 3.56. The molecule has 1 aromatic carbocycles. The largest absolute Gasteiger partial charge is 0.417 e. The normalized spacial score (nSPS) is 11.4. The number of aromatic nitrogens is 5. The zero-order valence-electron chi connectivity index (χ0n) is 18.9. The molecule has 0 fully saturated rings. The van der Waals surface area contributed by atoms with E-state index in [2.05, 4.69) is 47.5 Å². The molecule has 0 aliphatic heterocycles. The fourth-order valence-corrected chi connectivity index (χ4v) is 4.07. The lowest BCUT2D eigenvalue weighted by Gasteiger charge is -2.14. The van der Waals surface area contributed by atoms with Crippen molar-refractivity contribution in [2.24, 2.45) is 4.99 Å². The molecule has 186 valence electrons. The number of aliphatic imine (C=N–C) groups is 1. The van der Waals surface area contributed by atoms with Crippen LogP contribution in [0.4, 0.5) is 29.8 Å². The van der Waals surface area contributed by atoms with Gasteiger partial charge in [-0.2, -0.15) is 18.3 Å². The molecular weight excluding hydrogens is 505 g/mol. The topological polar surface area (TPSA) is 121 Å². The first-order valence-corrected chi connectivity index (χ1v) is 11.6. The standard InChI is InChI=1S/C24H17F3N8OS/c1-28-20-17-6-15(9-31-22(17)35-34-20)14-4-2-13(3-5-14)8-30-21-18(7-16(10-32-21)24(25,26)27)23(36)33-19-11-29-12-37-19/h2-7,9-12H,1,8H2,(H,30,32)(H,33,36)(H,31,34,35). The van der Waals surface area contributed by atoms with Crippen molar-refractivity contribution >= 4 is 51.6 Å². The summed E-state index contributed by atoms with van der Waals surface area (Å²) in [6, 6.07) is 10.2. The van der Waals surface area contributed by atoms with Gasteiger partial charge in [-0.3, -0.25) is 14.9 Å². The molecule has 4 aromatic heterocycles. The van der Waals surface area contributed by atoms with Crippen LogP contribution >= 0.6 is 11.3 Å². The molecule has 0 aliphatic carbocycles. The predicted octanol–water partition coefficient (Wildman–Crippen LogP) is 5.69. The van der Waals surface area contributed by atoms with Gasteiger partial charge in [0.05, 0.1) is 28.2 Å². The zero-order chi connectivity index (χ0) is 26.0. The quantitative estimate of drug-likeness (QED) is 0.236. The van der Waals surface area contributed by atoms with Crippen molar-refractivity contribution in [2.75, 3.05) is 10.6 Å². The molecule has 0 aliphatic rings. The first-order chi connectivity index (χ1) is 17.8. The molecule has 1 amide bonds. The van der Waals surface area contributed by atoms with Crippen molar-refractivity contribution in [3.63, 3.8) is 0 Å². The molecule has 3 N–H and O–H groups in total. The lowest BCUT2D eigenvalue weighted by molar-refractivity contribution is -0.137. The maximum absolute atomic E-state index is 13.3. The summed E-state index contributed by atoms with van der Waals surface area (Å²) in [4.78, 5) is 28.7. The van der Waals surface area contributed by atoms with E-state index >= 15 is 0 Å². The molecule has 5 aromatic rings. The zero-order valence-corrected chi connectivity index (χ0v) is 19.7. The summed E-state index contributed by atoms with van der Waals surface area (Å²) >= 11 is 1.15. The third kappa shape index (κ3) is 5.16. The van der Waals surface area contributed by atoms with Crippen LogP contribution in [0.1, 0.15) is 21.5 Å². The number of benzene rings is 1. The molecule has 0 saturated heterocycles. The number of nitrogens with one attached hydrogen (secondary N) is 3. The summed E-state index contributed by atoms with van der Waals surface area (Å²) in [5.41, 5.74) is 3.43. The van der Waals surface area contributed by atoms with Crippen LogP contribution in [0.5, 0.6) is 0 Å². The second-order valence-corrected chi connectivity index (χ2v) is 8.70. The maximum Gasteiger partial charge on any atom is 0.417 e. The Morgan fingerprint density at radius 1 is 1.08 bits per heavy atom. The van der Waals surface area contributed by atoms with Crippen LogP contribution in [0.25, 0.3) is 22.2 Å². The Morgan fingerprint density at radius 2 is 1.89 bits per heavy atom. The van der Waals surface area contributed by atoms with Crippen molar-refractivity contribution in [1.82, 2.24) is 25.1 Å². The van der Waals surface area contributed by atoms with Crippen LogP contribution < -0.4 is 10.6 Å². The second-order valence-electron chi connectivity index (χ2n) is 7.81. The highest BCUT2D eigenvalue weighted by atomic mass is 32.1. The molecule has 0 bridgehead atoms. The number of thiazole rings is 1. The number of carbonyl (C=O) groups excluding carboxylic acids is 1. The Kier molecular flexibility index (Phi) is 6.36. The van der Waals surface area contributed by atoms with Crippen LogP contribution in [-0.4, -0.2) is 37.8 Å². The Balaban J connectivity index is 1.35. The molecule has 0 unspecified atom stereocenters. The minimum atomic E-state index is -4.64. The highest BCUT2D eigenvalue weighted by Crippen LogP contribution is 2.32. The summed E-state index contributed by atoms with van der Waals surface area (Å²) < 4.78 is 39.8. The van der Waals surface area contributed by atoms with Crippen LogP contribution in [0.3, 0.4) is 0 Å². The van der Waals surface area contributed by atoms with Gasteiger partial charge < -0.3 is 10.6 Å². The van der Waals surface area contributed by atoms with E-state index < -0.39 is 17.6 Å². The van der Waals surface area contributed by atoms with Crippen molar-refractivity contribution in [1.29, 1.82) is 0 Å². The van der Waals surface area contributed by atoms with Crippen LogP contribution in [0.2, 0.25) is 0 Å². The van der Waals surface area contributed by atoms with Gasteiger partial charge in [-0.05, 0) is 30.0 Å². The lowest BCUT2D eigenvalue weighted by Crippen LogP contribution is -2.17.